The van der Waals surface area contributed by atoms with Gasteiger partial charge < -0.3 is 10.2 Å². The van der Waals surface area contributed by atoms with Gasteiger partial charge in [0.2, 0.25) is 5.91 Å². The molecule has 3 nitrogen and oxygen atoms in total. The lowest BCUT2D eigenvalue weighted by Crippen LogP contribution is -2.37. The third-order valence-corrected chi connectivity index (χ3v) is 3.61. The largest absolute Gasteiger partial charge is 0.336 e. The molecular formula is C14H21Cl3N2O. The van der Waals surface area contributed by atoms with Gasteiger partial charge in [0.1, 0.15) is 0 Å². The lowest BCUT2D eigenvalue weighted by Gasteiger charge is -2.27. The van der Waals surface area contributed by atoms with Crippen LogP contribution in [0.25, 0.3) is 0 Å². The van der Waals surface area contributed by atoms with Crippen molar-refractivity contribution < 1.29 is 4.79 Å². The van der Waals surface area contributed by atoms with Crippen molar-refractivity contribution in [1.82, 2.24) is 10.2 Å². The Hall–Kier alpha value is -0.480. The summed E-state index contributed by atoms with van der Waals surface area (Å²) in [7, 11) is 1.84. The van der Waals surface area contributed by atoms with Gasteiger partial charge in [-0.1, -0.05) is 29.3 Å². The Morgan fingerprint density at radius 1 is 1.30 bits per heavy atom. The number of rotatable bonds is 6. The van der Waals surface area contributed by atoms with Crippen molar-refractivity contribution in [3.63, 3.8) is 0 Å². The highest BCUT2D eigenvalue weighted by Gasteiger charge is 2.17. The maximum absolute atomic E-state index is 12.1. The number of hydrogen-bond acceptors (Lipinski definition) is 2. The van der Waals surface area contributed by atoms with Gasteiger partial charge in [-0.15, -0.1) is 12.4 Å². The highest BCUT2D eigenvalue weighted by atomic mass is 35.5. The van der Waals surface area contributed by atoms with Crippen LogP contribution in [0.5, 0.6) is 0 Å². The molecule has 0 bridgehead atoms. The fraction of sp³-hybridized carbons (Fsp3) is 0.500. The smallest absolute Gasteiger partial charge is 0.224 e. The third kappa shape index (κ3) is 5.88. The normalized spacial score (nSPS) is 10.3. The van der Waals surface area contributed by atoms with E-state index in [9.17, 15) is 4.79 Å². The molecule has 1 amide bonds. The molecule has 114 valence electrons. The number of halogens is 3. The van der Waals surface area contributed by atoms with Gasteiger partial charge in [-0.25, -0.2) is 0 Å². The van der Waals surface area contributed by atoms with Crippen LogP contribution in [0.15, 0.2) is 18.2 Å². The number of nitrogens with zero attached hydrogens (tertiary/aromatic N) is 1. The second-order valence-corrected chi connectivity index (χ2v) is 5.53. The Morgan fingerprint density at radius 3 is 2.45 bits per heavy atom. The summed E-state index contributed by atoms with van der Waals surface area (Å²) in [5.41, 5.74) is 0.987. The van der Waals surface area contributed by atoms with Crippen LogP contribution in [0.2, 0.25) is 10.0 Å². The van der Waals surface area contributed by atoms with E-state index in [2.05, 4.69) is 5.32 Å². The molecule has 1 rings (SSSR count). The minimum absolute atomic E-state index is 0. The number of benzene rings is 1. The number of nitrogens with one attached hydrogen (secondary N) is 1. The molecule has 0 saturated heterocycles. The van der Waals surface area contributed by atoms with Gasteiger partial charge in [0.25, 0.3) is 0 Å². The molecule has 1 aromatic carbocycles. The number of amides is 1. The monoisotopic (exact) mass is 338 g/mol. The Morgan fingerprint density at radius 2 is 1.95 bits per heavy atom. The van der Waals surface area contributed by atoms with Crippen molar-refractivity contribution in [2.75, 3.05) is 13.6 Å². The SMILES string of the molecule is CNCCC(=O)N(Cc1ccc(Cl)c(Cl)c1)C(C)C.Cl. The van der Waals surface area contributed by atoms with E-state index in [1.807, 2.05) is 37.9 Å². The van der Waals surface area contributed by atoms with Gasteiger partial charge in [0.15, 0.2) is 0 Å². The second-order valence-electron chi connectivity index (χ2n) is 4.72. The number of carbonyl (C=O) groups is 1. The minimum atomic E-state index is 0. The van der Waals surface area contributed by atoms with Crippen LogP contribution in [0.4, 0.5) is 0 Å². The summed E-state index contributed by atoms with van der Waals surface area (Å²) in [6.45, 7) is 5.25. The van der Waals surface area contributed by atoms with E-state index in [0.29, 0.717) is 29.6 Å². The van der Waals surface area contributed by atoms with Crippen LogP contribution in [0, 0.1) is 0 Å². The van der Waals surface area contributed by atoms with E-state index < -0.39 is 0 Å². The van der Waals surface area contributed by atoms with E-state index >= 15 is 0 Å². The molecule has 0 aliphatic carbocycles. The summed E-state index contributed by atoms with van der Waals surface area (Å²) in [6.07, 6.45) is 0.496. The summed E-state index contributed by atoms with van der Waals surface area (Å²) < 4.78 is 0. The summed E-state index contributed by atoms with van der Waals surface area (Å²) in [6, 6.07) is 5.62. The summed E-state index contributed by atoms with van der Waals surface area (Å²) in [5.74, 6) is 0.135. The Balaban J connectivity index is 0.00000361. The van der Waals surface area contributed by atoms with Crippen molar-refractivity contribution >= 4 is 41.5 Å². The summed E-state index contributed by atoms with van der Waals surface area (Å²) in [4.78, 5) is 14.0. The Bertz CT molecular complexity index is 438. The molecule has 0 heterocycles. The van der Waals surface area contributed by atoms with Crippen LogP contribution in [-0.2, 0) is 11.3 Å². The molecular weight excluding hydrogens is 319 g/mol. The maximum Gasteiger partial charge on any atom is 0.224 e. The lowest BCUT2D eigenvalue weighted by atomic mass is 10.1. The van der Waals surface area contributed by atoms with E-state index in [1.54, 1.807) is 6.07 Å². The molecule has 0 atom stereocenters. The van der Waals surface area contributed by atoms with Gasteiger partial charge in [-0.3, -0.25) is 4.79 Å². The maximum atomic E-state index is 12.1. The fourth-order valence-corrected chi connectivity index (χ4v) is 2.09. The fourth-order valence-electron chi connectivity index (χ4n) is 1.77. The first-order valence-electron chi connectivity index (χ1n) is 6.33. The first kappa shape index (κ1) is 19.5. The number of carbonyl (C=O) groups excluding carboxylic acids is 1. The summed E-state index contributed by atoms with van der Waals surface area (Å²) in [5, 5.41) is 4.04. The standard InChI is InChI=1S/C14H20Cl2N2O.ClH/c1-10(2)18(14(19)6-7-17-3)9-11-4-5-12(15)13(16)8-11;/h4-5,8,10,17H,6-7,9H2,1-3H3;1H. The zero-order valence-electron chi connectivity index (χ0n) is 12.0. The van der Waals surface area contributed by atoms with Crippen LogP contribution in [0.1, 0.15) is 25.8 Å². The summed E-state index contributed by atoms with van der Waals surface area (Å²) >= 11 is 11.9. The van der Waals surface area contributed by atoms with E-state index in [0.717, 1.165) is 5.56 Å². The molecule has 0 radical (unpaired) electrons. The Labute approximate surface area is 137 Å². The van der Waals surface area contributed by atoms with Gasteiger partial charge in [0.05, 0.1) is 10.0 Å². The van der Waals surface area contributed by atoms with E-state index in [4.69, 9.17) is 23.2 Å². The molecule has 0 aliphatic rings. The van der Waals surface area contributed by atoms with Crippen LogP contribution in [0.3, 0.4) is 0 Å². The molecule has 6 heteroatoms. The van der Waals surface area contributed by atoms with Gasteiger partial charge in [0, 0.05) is 25.6 Å². The molecule has 0 aromatic heterocycles. The first-order valence-corrected chi connectivity index (χ1v) is 7.09. The molecule has 0 aliphatic heterocycles. The van der Waals surface area contributed by atoms with Crippen LogP contribution < -0.4 is 5.32 Å². The van der Waals surface area contributed by atoms with Crippen LogP contribution >= 0.6 is 35.6 Å². The average molecular weight is 340 g/mol. The molecule has 0 unspecified atom stereocenters. The van der Waals surface area contributed by atoms with Gasteiger partial charge in [-0.05, 0) is 38.6 Å². The zero-order chi connectivity index (χ0) is 14.4. The third-order valence-electron chi connectivity index (χ3n) is 2.87. The highest BCUT2D eigenvalue weighted by molar-refractivity contribution is 6.42. The topological polar surface area (TPSA) is 32.3 Å². The number of hydrogen-bond donors (Lipinski definition) is 1. The van der Waals surface area contributed by atoms with Crippen molar-refractivity contribution in [2.45, 2.75) is 32.9 Å². The minimum Gasteiger partial charge on any atom is -0.336 e. The predicted octanol–water partition coefficient (Wildman–Crippen LogP) is 3.76. The molecule has 0 spiro atoms. The molecule has 20 heavy (non-hydrogen) atoms. The molecule has 1 aromatic rings. The Kier molecular flexibility index (Phi) is 9.23. The van der Waals surface area contributed by atoms with Gasteiger partial charge >= 0.3 is 0 Å². The average Bonchev–Trinajstić information content (AvgIpc) is 2.36. The van der Waals surface area contributed by atoms with Crippen LogP contribution in [-0.4, -0.2) is 30.4 Å². The van der Waals surface area contributed by atoms with E-state index in [-0.39, 0.29) is 24.4 Å². The van der Waals surface area contributed by atoms with Gasteiger partial charge in [-0.2, -0.15) is 0 Å². The molecule has 0 fully saturated rings. The van der Waals surface area contributed by atoms with Crippen molar-refractivity contribution in [1.29, 1.82) is 0 Å². The molecule has 0 saturated carbocycles. The highest BCUT2D eigenvalue weighted by Crippen LogP contribution is 2.23. The second kappa shape index (κ2) is 9.46. The predicted molar refractivity (Wildman–Crippen MR) is 87.9 cm³/mol. The van der Waals surface area contributed by atoms with E-state index in [1.165, 1.54) is 0 Å². The first-order chi connectivity index (χ1) is 8.95. The zero-order valence-corrected chi connectivity index (χ0v) is 14.3. The van der Waals surface area contributed by atoms with Crippen molar-refractivity contribution in [3.05, 3.63) is 33.8 Å². The van der Waals surface area contributed by atoms with Crippen molar-refractivity contribution in [3.8, 4) is 0 Å². The molecule has 1 N–H and O–H groups in total. The lowest BCUT2D eigenvalue weighted by molar-refractivity contribution is -0.133. The van der Waals surface area contributed by atoms with Crippen molar-refractivity contribution in [2.24, 2.45) is 0 Å². The quantitative estimate of drug-likeness (QED) is 0.856.